The molecule has 2 unspecified atom stereocenters. The van der Waals surface area contributed by atoms with Crippen LogP contribution < -0.4 is 9.64 Å². The van der Waals surface area contributed by atoms with Crippen LogP contribution >= 0.6 is 0 Å². The van der Waals surface area contributed by atoms with E-state index in [0.29, 0.717) is 58.0 Å². The first-order valence-corrected chi connectivity index (χ1v) is 20.6. The predicted molar refractivity (Wildman–Crippen MR) is 198 cm³/mol. The van der Waals surface area contributed by atoms with E-state index in [1.54, 1.807) is 35.4 Å². The number of carbonyl (C=O) groups excluding carboxylic acids is 1. The number of aromatic nitrogens is 1. The van der Waals surface area contributed by atoms with Gasteiger partial charge in [-0.05, 0) is 59.6 Å². The maximum absolute atomic E-state index is 14.3. The lowest BCUT2D eigenvalue weighted by atomic mass is 9.89. The van der Waals surface area contributed by atoms with Gasteiger partial charge in [0.05, 0.1) is 31.5 Å². The molecule has 3 fully saturated rings. The SMILES string of the molecule is COC(=O)[C@@H]1C[C@H](Oc2ncc(C#C[Si](C(C)C)(C(C)C)C(C)C)cc2C23CCOCC2C3)CN1c1cc(C(F)(F)F)cc2c1oc1ccccc12. The van der Waals surface area contributed by atoms with Gasteiger partial charge in [0.2, 0.25) is 5.88 Å². The molecule has 7 nitrogen and oxygen atoms in total. The first-order chi connectivity index (χ1) is 24.7. The minimum absolute atomic E-state index is 0.126. The van der Waals surface area contributed by atoms with Crippen LogP contribution in [0.5, 0.6) is 5.88 Å². The number of furan rings is 1. The van der Waals surface area contributed by atoms with Gasteiger partial charge in [0.1, 0.15) is 25.8 Å². The summed E-state index contributed by atoms with van der Waals surface area (Å²) in [4.78, 5) is 19.8. The molecule has 1 saturated carbocycles. The molecule has 4 atom stereocenters. The van der Waals surface area contributed by atoms with E-state index in [1.807, 2.05) is 0 Å². The van der Waals surface area contributed by atoms with Crippen molar-refractivity contribution >= 4 is 41.7 Å². The van der Waals surface area contributed by atoms with Gasteiger partial charge >= 0.3 is 12.1 Å². The number of hydrogen-bond donors (Lipinski definition) is 0. The molecule has 3 aliphatic rings. The average molecular weight is 733 g/mol. The van der Waals surface area contributed by atoms with Gasteiger partial charge < -0.3 is 23.5 Å². The number of fused-ring (bicyclic) bond motifs is 4. The number of rotatable bonds is 8. The summed E-state index contributed by atoms with van der Waals surface area (Å²) in [5.41, 5.74) is 7.07. The van der Waals surface area contributed by atoms with Gasteiger partial charge in [-0.3, -0.25) is 0 Å². The van der Waals surface area contributed by atoms with Crippen molar-refractivity contribution in [1.82, 2.24) is 4.98 Å². The summed E-state index contributed by atoms with van der Waals surface area (Å²) in [6, 6.07) is 10.4. The zero-order chi connectivity index (χ0) is 37.2. The van der Waals surface area contributed by atoms with Crippen LogP contribution in [0, 0.1) is 17.4 Å². The van der Waals surface area contributed by atoms with Gasteiger partial charge in [0.25, 0.3) is 0 Å². The smallest absolute Gasteiger partial charge is 0.416 e. The number of nitrogens with zero attached hydrogens (tertiary/aromatic N) is 2. The van der Waals surface area contributed by atoms with Gasteiger partial charge in [-0.15, -0.1) is 5.54 Å². The van der Waals surface area contributed by atoms with E-state index in [9.17, 15) is 18.0 Å². The van der Waals surface area contributed by atoms with Crippen LogP contribution in [0.15, 0.2) is 53.1 Å². The molecule has 0 bridgehead atoms. The van der Waals surface area contributed by atoms with Crippen molar-refractivity contribution in [2.45, 2.75) is 101 Å². The number of esters is 1. The second kappa shape index (κ2) is 13.4. The minimum Gasteiger partial charge on any atom is -0.472 e. The molecule has 0 amide bonds. The van der Waals surface area contributed by atoms with E-state index in [-0.39, 0.29) is 29.7 Å². The van der Waals surface area contributed by atoms with Crippen LogP contribution in [-0.2, 0) is 25.9 Å². The number of para-hydroxylation sites is 1. The molecule has 276 valence electrons. The Morgan fingerprint density at radius 2 is 1.79 bits per heavy atom. The Morgan fingerprint density at radius 1 is 1.06 bits per heavy atom. The zero-order valence-corrected chi connectivity index (χ0v) is 31.9. The summed E-state index contributed by atoms with van der Waals surface area (Å²) >= 11 is 0. The fraction of sp³-hybridized carbons (Fsp3) is 0.512. The number of carbonyl (C=O) groups is 1. The lowest BCUT2D eigenvalue weighted by Crippen LogP contribution is -2.43. The molecule has 2 aliphatic heterocycles. The molecule has 1 aliphatic carbocycles. The maximum Gasteiger partial charge on any atom is 0.416 e. The Bertz CT molecular complexity index is 2040. The van der Waals surface area contributed by atoms with Gasteiger partial charge in [0.15, 0.2) is 5.58 Å². The molecule has 0 radical (unpaired) electrons. The Morgan fingerprint density at radius 3 is 2.46 bits per heavy atom. The summed E-state index contributed by atoms with van der Waals surface area (Å²) in [7, 11) is -0.713. The molecule has 2 aromatic carbocycles. The highest BCUT2D eigenvalue weighted by atomic mass is 28.3. The van der Waals surface area contributed by atoms with E-state index < -0.39 is 37.9 Å². The molecule has 0 spiro atoms. The summed E-state index contributed by atoms with van der Waals surface area (Å²) in [5, 5.41) is 0.889. The lowest BCUT2D eigenvalue weighted by Gasteiger charge is -2.38. The topological polar surface area (TPSA) is 74.0 Å². The number of hydrogen-bond acceptors (Lipinski definition) is 7. The Labute approximate surface area is 304 Å². The molecular weight excluding hydrogens is 686 g/mol. The van der Waals surface area contributed by atoms with E-state index in [2.05, 4.69) is 59.1 Å². The van der Waals surface area contributed by atoms with E-state index in [1.165, 1.54) is 7.11 Å². The molecule has 4 heterocycles. The molecule has 2 saturated heterocycles. The van der Waals surface area contributed by atoms with Crippen LogP contribution in [0.2, 0.25) is 16.6 Å². The number of anilines is 1. The largest absolute Gasteiger partial charge is 0.472 e. The highest BCUT2D eigenvalue weighted by molar-refractivity contribution is 6.90. The van der Waals surface area contributed by atoms with Crippen LogP contribution in [0.1, 0.15) is 77.5 Å². The van der Waals surface area contributed by atoms with Crippen molar-refractivity contribution in [3.63, 3.8) is 0 Å². The average Bonchev–Trinajstić information content (AvgIpc) is 3.53. The normalized spacial score (nSPS) is 23.3. The van der Waals surface area contributed by atoms with Gasteiger partial charge in [-0.2, -0.15) is 13.2 Å². The number of methoxy groups -OCH3 is 1. The standard InChI is InChI=1S/C41H47F3N2O5Si/c1-24(2)52(25(3)4,26(5)6)15-12-27-16-33(40-13-14-49-23-29(40)20-40)38(45-21-27)50-30-19-35(39(47)48-7)46(22-30)34-18-28(41(42,43)44)17-32-31-10-8-9-11-36(31)51-37(32)34/h8-11,16-18,21,24-26,29-30,35H,13-14,19-20,22-23H2,1-7H3/t29?,30-,35-,40?/m0/s1. The predicted octanol–water partition coefficient (Wildman–Crippen LogP) is 9.45. The fourth-order valence-electron chi connectivity index (χ4n) is 9.29. The first-order valence-electron chi connectivity index (χ1n) is 18.3. The third-order valence-electron chi connectivity index (χ3n) is 12.0. The molecule has 0 N–H and O–H groups in total. The number of halogens is 3. The summed E-state index contributed by atoms with van der Waals surface area (Å²) in [6.45, 7) is 15.2. The maximum atomic E-state index is 14.3. The second-order valence-corrected chi connectivity index (χ2v) is 21.3. The Hall–Kier alpha value is -4.01. The second-order valence-electron chi connectivity index (χ2n) is 15.7. The van der Waals surface area contributed by atoms with Gasteiger partial charge in [-0.25, -0.2) is 9.78 Å². The highest BCUT2D eigenvalue weighted by Gasteiger charge is 2.58. The van der Waals surface area contributed by atoms with Crippen LogP contribution in [0.4, 0.5) is 18.9 Å². The van der Waals surface area contributed by atoms with Crippen molar-refractivity contribution in [3.8, 4) is 17.3 Å². The quantitative estimate of drug-likeness (QED) is 0.102. The summed E-state index contributed by atoms with van der Waals surface area (Å²) in [6.07, 6.45) is -1.43. The number of ether oxygens (including phenoxy) is 3. The molecule has 11 heteroatoms. The molecule has 4 aromatic rings. The lowest BCUT2D eigenvalue weighted by molar-refractivity contribution is -0.142. The zero-order valence-electron chi connectivity index (χ0n) is 30.9. The Kier molecular flexibility index (Phi) is 9.39. The summed E-state index contributed by atoms with van der Waals surface area (Å²) < 4.78 is 66.8. The minimum atomic E-state index is -4.62. The van der Waals surface area contributed by atoms with Crippen molar-refractivity contribution < 1.29 is 36.6 Å². The highest BCUT2D eigenvalue weighted by Crippen LogP contribution is 2.60. The van der Waals surface area contributed by atoms with Crippen molar-refractivity contribution in [2.24, 2.45) is 5.92 Å². The van der Waals surface area contributed by atoms with E-state index >= 15 is 0 Å². The molecule has 52 heavy (non-hydrogen) atoms. The third-order valence-corrected chi connectivity index (χ3v) is 18.3. The van der Waals surface area contributed by atoms with Gasteiger partial charge in [-0.1, -0.05) is 65.7 Å². The molecule has 2 aromatic heterocycles. The Balaban J connectivity index is 1.28. The number of pyridine rings is 1. The third kappa shape index (κ3) is 6.15. The van der Waals surface area contributed by atoms with Crippen molar-refractivity contribution in [3.05, 3.63) is 65.4 Å². The monoisotopic (exact) mass is 732 g/mol. The molecule has 7 rings (SSSR count). The van der Waals surface area contributed by atoms with E-state index in [0.717, 1.165) is 36.1 Å². The fourth-order valence-corrected chi connectivity index (χ4v) is 14.5. The molecular formula is C41H47F3N2O5Si. The van der Waals surface area contributed by atoms with Crippen molar-refractivity contribution in [2.75, 3.05) is 31.8 Å². The van der Waals surface area contributed by atoms with Crippen molar-refractivity contribution in [1.29, 1.82) is 0 Å². The van der Waals surface area contributed by atoms with Crippen LogP contribution in [0.25, 0.3) is 21.9 Å². The number of alkyl halides is 3. The van der Waals surface area contributed by atoms with Gasteiger partial charge in [0, 0.05) is 46.5 Å². The number of benzene rings is 2. The van der Waals surface area contributed by atoms with Crippen LogP contribution in [0.3, 0.4) is 0 Å². The first kappa shape index (κ1) is 36.3. The van der Waals surface area contributed by atoms with Crippen LogP contribution in [-0.4, -0.2) is 58.0 Å². The summed E-state index contributed by atoms with van der Waals surface area (Å²) in [5.74, 6) is 3.82. The van der Waals surface area contributed by atoms with E-state index in [4.69, 9.17) is 23.6 Å².